The Bertz CT molecular complexity index is 93.1. The zero-order valence-electron chi connectivity index (χ0n) is 5.64. The molecule has 1 saturated heterocycles. The molecule has 0 aliphatic carbocycles. The highest BCUT2D eigenvalue weighted by Crippen LogP contribution is 2.13. The summed E-state index contributed by atoms with van der Waals surface area (Å²) in [6.07, 6.45) is 3.72. The summed E-state index contributed by atoms with van der Waals surface area (Å²) < 4.78 is 0. The summed E-state index contributed by atoms with van der Waals surface area (Å²) in [5.41, 5.74) is 0. The first-order valence-corrected chi connectivity index (χ1v) is 3.40. The molecule has 1 fully saturated rings. The molecule has 1 rings (SSSR count). The molecule has 1 N–H and O–H groups in total. The van der Waals surface area contributed by atoms with Crippen molar-refractivity contribution in [3.05, 3.63) is 6.92 Å². The van der Waals surface area contributed by atoms with Crippen LogP contribution in [0.3, 0.4) is 0 Å². The van der Waals surface area contributed by atoms with Crippen molar-refractivity contribution in [1.82, 2.24) is 4.90 Å². The summed E-state index contributed by atoms with van der Waals surface area (Å²) in [6, 6.07) is 0. The average molecular weight is 125 g/mol. The number of likely N-dealkylation sites (tertiary alicyclic amines) is 1. The Morgan fingerprint density at radius 3 is 2.44 bits per heavy atom. The van der Waals surface area contributed by atoms with Crippen LogP contribution < -0.4 is 0 Å². The van der Waals surface area contributed by atoms with Gasteiger partial charge in [-0.2, -0.15) is 0 Å². The van der Waals surface area contributed by atoms with Gasteiger partial charge in [0.1, 0.15) is 0 Å². The van der Waals surface area contributed by atoms with Gasteiger partial charge in [-0.25, -0.2) is 0 Å². The van der Waals surface area contributed by atoms with Crippen molar-refractivity contribution < 1.29 is 0 Å². The van der Waals surface area contributed by atoms with E-state index in [1.54, 1.807) is 0 Å². The molecule has 0 amide bonds. The lowest BCUT2D eigenvalue weighted by Gasteiger charge is -2.27. The Hall–Kier alpha value is -0.530. The lowest BCUT2D eigenvalue weighted by atomic mass is 10.00. The molecule has 1 radical (unpaired) electrons. The summed E-state index contributed by atoms with van der Waals surface area (Å²) in [4.78, 5) is 2.03. The van der Waals surface area contributed by atoms with E-state index < -0.39 is 0 Å². The first kappa shape index (κ1) is 6.59. The van der Waals surface area contributed by atoms with E-state index in [0.29, 0.717) is 5.92 Å². The topological polar surface area (TPSA) is 27.1 Å². The maximum absolute atomic E-state index is 6.94. The third-order valence-corrected chi connectivity index (χ3v) is 1.83. The standard InChI is InChI=1S/C7H13N2/c1-7-2-4-9(6-8)5-3-7/h6-8H,1-5H2. The van der Waals surface area contributed by atoms with E-state index in [0.717, 1.165) is 25.9 Å². The zero-order valence-corrected chi connectivity index (χ0v) is 5.64. The highest BCUT2D eigenvalue weighted by Gasteiger charge is 2.11. The number of nitrogens with one attached hydrogen (secondary N) is 1. The first-order chi connectivity index (χ1) is 4.33. The molecule has 0 atom stereocenters. The van der Waals surface area contributed by atoms with E-state index in [1.165, 1.54) is 6.34 Å². The van der Waals surface area contributed by atoms with Gasteiger partial charge >= 0.3 is 0 Å². The Kier molecular flexibility index (Phi) is 2.09. The second-order valence-electron chi connectivity index (χ2n) is 2.61. The monoisotopic (exact) mass is 125 g/mol. The summed E-state index contributed by atoms with van der Waals surface area (Å²) in [6.45, 7) is 6.02. The van der Waals surface area contributed by atoms with Gasteiger partial charge in [0.2, 0.25) is 0 Å². The molecule has 0 unspecified atom stereocenters. The van der Waals surface area contributed by atoms with Crippen molar-refractivity contribution >= 4 is 6.34 Å². The first-order valence-electron chi connectivity index (χ1n) is 3.40. The fraction of sp³-hybridized carbons (Fsp3) is 0.714. The van der Waals surface area contributed by atoms with Gasteiger partial charge < -0.3 is 4.90 Å². The number of piperidine rings is 1. The van der Waals surface area contributed by atoms with Crippen LogP contribution in [0.5, 0.6) is 0 Å². The van der Waals surface area contributed by atoms with Gasteiger partial charge in [-0.05, 0) is 18.8 Å². The smallest absolute Gasteiger partial charge is 0.0817 e. The van der Waals surface area contributed by atoms with Crippen molar-refractivity contribution in [3.8, 4) is 0 Å². The van der Waals surface area contributed by atoms with Gasteiger partial charge in [0, 0.05) is 13.1 Å². The van der Waals surface area contributed by atoms with Crippen LogP contribution in [-0.4, -0.2) is 24.3 Å². The van der Waals surface area contributed by atoms with Gasteiger partial charge in [0.25, 0.3) is 0 Å². The zero-order chi connectivity index (χ0) is 6.69. The molecule has 1 aliphatic rings. The van der Waals surface area contributed by atoms with Gasteiger partial charge in [0.15, 0.2) is 0 Å². The third kappa shape index (κ3) is 1.70. The van der Waals surface area contributed by atoms with Crippen LogP contribution in [0.2, 0.25) is 0 Å². The fourth-order valence-electron chi connectivity index (χ4n) is 1.08. The summed E-state index contributed by atoms with van der Waals surface area (Å²) >= 11 is 0. The third-order valence-electron chi connectivity index (χ3n) is 1.83. The molecule has 51 valence electrons. The summed E-state index contributed by atoms with van der Waals surface area (Å²) in [5, 5.41) is 6.94. The molecule has 0 spiro atoms. The molecule has 1 heterocycles. The Morgan fingerprint density at radius 1 is 1.44 bits per heavy atom. The molecule has 0 bridgehead atoms. The van der Waals surface area contributed by atoms with E-state index in [2.05, 4.69) is 6.92 Å². The van der Waals surface area contributed by atoms with Crippen molar-refractivity contribution in [3.63, 3.8) is 0 Å². The normalized spacial score (nSPS) is 22.1. The maximum atomic E-state index is 6.94. The predicted octanol–water partition coefficient (Wildman–Crippen LogP) is 1.14. The van der Waals surface area contributed by atoms with Gasteiger partial charge in [-0.3, -0.25) is 5.41 Å². The van der Waals surface area contributed by atoms with E-state index in [4.69, 9.17) is 5.41 Å². The Labute approximate surface area is 56.4 Å². The second-order valence-corrected chi connectivity index (χ2v) is 2.61. The highest BCUT2D eigenvalue weighted by molar-refractivity contribution is 5.50. The molecule has 9 heavy (non-hydrogen) atoms. The summed E-state index contributed by atoms with van der Waals surface area (Å²) in [5.74, 6) is 0.626. The SMILES string of the molecule is [CH2]C1CCN(C=N)CC1. The predicted molar refractivity (Wildman–Crippen MR) is 38.4 cm³/mol. The molecule has 0 saturated carbocycles. The quantitative estimate of drug-likeness (QED) is 0.413. The lowest BCUT2D eigenvalue weighted by molar-refractivity contribution is 0.303. The minimum atomic E-state index is 0.626. The van der Waals surface area contributed by atoms with Gasteiger partial charge in [-0.1, -0.05) is 6.92 Å². The van der Waals surface area contributed by atoms with Crippen LogP contribution in [0.25, 0.3) is 0 Å². The van der Waals surface area contributed by atoms with Crippen molar-refractivity contribution in [2.45, 2.75) is 12.8 Å². The number of hydrogen-bond acceptors (Lipinski definition) is 1. The number of nitrogens with zero attached hydrogens (tertiary/aromatic N) is 1. The van der Waals surface area contributed by atoms with E-state index in [-0.39, 0.29) is 0 Å². The van der Waals surface area contributed by atoms with E-state index in [1.807, 2.05) is 4.90 Å². The molecular formula is C7H13N2. The number of rotatable bonds is 1. The molecule has 0 aromatic carbocycles. The van der Waals surface area contributed by atoms with Crippen LogP contribution in [-0.2, 0) is 0 Å². The van der Waals surface area contributed by atoms with Gasteiger partial charge in [-0.15, -0.1) is 0 Å². The molecule has 1 aliphatic heterocycles. The van der Waals surface area contributed by atoms with Crippen molar-refractivity contribution in [2.75, 3.05) is 13.1 Å². The van der Waals surface area contributed by atoms with E-state index >= 15 is 0 Å². The van der Waals surface area contributed by atoms with Crippen molar-refractivity contribution in [1.29, 1.82) is 5.41 Å². The maximum Gasteiger partial charge on any atom is 0.0817 e. The van der Waals surface area contributed by atoms with Crippen LogP contribution >= 0.6 is 0 Å². The fourth-order valence-corrected chi connectivity index (χ4v) is 1.08. The van der Waals surface area contributed by atoms with Crippen molar-refractivity contribution in [2.24, 2.45) is 5.92 Å². The molecule has 0 aromatic heterocycles. The largest absolute Gasteiger partial charge is 0.363 e. The molecule has 2 heteroatoms. The van der Waals surface area contributed by atoms with Crippen LogP contribution in [0, 0.1) is 18.3 Å². The summed E-state index contributed by atoms with van der Waals surface area (Å²) in [7, 11) is 0. The molecule has 0 aromatic rings. The lowest BCUT2D eigenvalue weighted by Crippen LogP contribution is -2.31. The van der Waals surface area contributed by atoms with Crippen LogP contribution in [0.1, 0.15) is 12.8 Å². The van der Waals surface area contributed by atoms with E-state index in [9.17, 15) is 0 Å². The Morgan fingerprint density at radius 2 is 2.00 bits per heavy atom. The minimum Gasteiger partial charge on any atom is -0.363 e. The second kappa shape index (κ2) is 2.85. The average Bonchev–Trinajstić information content (AvgIpc) is 1.90. The van der Waals surface area contributed by atoms with Gasteiger partial charge in [0.05, 0.1) is 6.34 Å². The van der Waals surface area contributed by atoms with Crippen LogP contribution in [0.4, 0.5) is 0 Å². The number of hydrogen-bond donors (Lipinski definition) is 1. The molecular weight excluding hydrogens is 112 g/mol. The highest BCUT2D eigenvalue weighted by atomic mass is 15.1. The Balaban J connectivity index is 2.26. The molecule has 2 nitrogen and oxygen atoms in total. The minimum absolute atomic E-state index is 0.626. The van der Waals surface area contributed by atoms with Crippen LogP contribution in [0.15, 0.2) is 0 Å².